The molecule has 9 atom stereocenters. The Hall–Kier alpha value is -0.900. The van der Waals surface area contributed by atoms with Gasteiger partial charge in [-0.05, 0) is 117 Å². The van der Waals surface area contributed by atoms with E-state index in [9.17, 15) is 15.0 Å². The van der Waals surface area contributed by atoms with Crippen molar-refractivity contribution in [2.75, 3.05) is 0 Å². The Morgan fingerprint density at radius 2 is 1.47 bits per heavy atom. The monoisotopic (exact) mass is 446 g/mol. The van der Waals surface area contributed by atoms with Gasteiger partial charge in [-0.3, -0.25) is 4.79 Å². The average Bonchev–Trinajstić information content (AvgIpc) is 3.17. The van der Waals surface area contributed by atoms with Crippen molar-refractivity contribution < 1.29 is 19.8 Å². The largest absolute Gasteiger partial charge is 0.481 e. The first-order valence-corrected chi connectivity index (χ1v) is 13.3. The van der Waals surface area contributed by atoms with E-state index in [0.717, 1.165) is 50.7 Å². The molecule has 7 unspecified atom stereocenters. The maximum Gasteiger partial charge on any atom is 0.309 e. The number of hydrogen-bond donors (Lipinski definition) is 2. The Kier molecular flexibility index (Phi) is 6.13. The first kappa shape index (κ1) is 24.2. The van der Waals surface area contributed by atoms with Crippen LogP contribution in [0.1, 0.15) is 105 Å². The summed E-state index contributed by atoms with van der Waals surface area (Å²) in [6, 6.07) is 0. The van der Waals surface area contributed by atoms with E-state index in [1.54, 1.807) is 0 Å². The van der Waals surface area contributed by atoms with E-state index in [4.69, 9.17) is 4.79 Å². The SMILES string of the molecule is CC12CCC3C(C)(CC[C@H](O)C3(C)C)C1CCC1C2CC[C@@]2(C(=O)O)CCCC12.CC=O. The van der Waals surface area contributed by atoms with Gasteiger partial charge in [-0.2, -0.15) is 0 Å². The van der Waals surface area contributed by atoms with E-state index in [-0.39, 0.29) is 11.5 Å². The van der Waals surface area contributed by atoms with Crippen molar-refractivity contribution in [3.8, 4) is 0 Å². The molecule has 5 rings (SSSR count). The molecule has 0 amide bonds. The molecule has 0 saturated heterocycles. The number of rotatable bonds is 1. The Morgan fingerprint density at radius 3 is 2.12 bits per heavy atom. The van der Waals surface area contributed by atoms with Crippen molar-refractivity contribution in [1.29, 1.82) is 0 Å². The molecule has 0 radical (unpaired) electrons. The average molecular weight is 447 g/mol. The highest BCUT2D eigenvalue weighted by atomic mass is 16.4. The van der Waals surface area contributed by atoms with Crippen LogP contribution >= 0.6 is 0 Å². The molecular formula is C28H46O4. The summed E-state index contributed by atoms with van der Waals surface area (Å²) < 4.78 is 0. The van der Waals surface area contributed by atoms with E-state index in [1.165, 1.54) is 39.0 Å². The second kappa shape index (κ2) is 8.10. The summed E-state index contributed by atoms with van der Waals surface area (Å²) in [6.45, 7) is 11.2. The van der Waals surface area contributed by atoms with E-state index >= 15 is 0 Å². The molecule has 32 heavy (non-hydrogen) atoms. The Labute approximate surface area is 194 Å². The van der Waals surface area contributed by atoms with E-state index in [0.29, 0.717) is 34.5 Å². The van der Waals surface area contributed by atoms with Crippen LogP contribution in [0.5, 0.6) is 0 Å². The van der Waals surface area contributed by atoms with Crippen molar-refractivity contribution in [3.63, 3.8) is 0 Å². The molecule has 0 aliphatic heterocycles. The highest BCUT2D eigenvalue weighted by Gasteiger charge is 2.67. The zero-order valence-corrected chi connectivity index (χ0v) is 21.0. The highest BCUT2D eigenvalue weighted by Crippen LogP contribution is 2.72. The predicted molar refractivity (Wildman–Crippen MR) is 126 cm³/mol. The Balaban J connectivity index is 0.000000775. The van der Waals surface area contributed by atoms with Gasteiger partial charge in [0, 0.05) is 0 Å². The number of aliphatic hydroxyl groups excluding tert-OH is 1. The van der Waals surface area contributed by atoms with E-state index < -0.39 is 11.4 Å². The maximum atomic E-state index is 12.3. The molecule has 0 heterocycles. The first-order valence-electron chi connectivity index (χ1n) is 13.3. The maximum absolute atomic E-state index is 12.3. The molecule has 5 aliphatic rings. The van der Waals surface area contributed by atoms with Gasteiger partial charge in [0.1, 0.15) is 6.29 Å². The molecule has 5 saturated carbocycles. The fourth-order valence-electron chi connectivity index (χ4n) is 10.6. The lowest BCUT2D eigenvalue weighted by Gasteiger charge is -2.69. The van der Waals surface area contributed by atoms with Crippen LogP contribution in [0.2, 0.25) is 0 Å². The molecular weight excluding hydrogens is 400 g/mol. The van der Waals surface area contributed by atoms with Crippen molar-refractivity contribution in [2.24, 2.45) is 51.2 Å². The van der Waals surface area contributed by atoms with Gasteiger partial charge in [0.2, 0.25) is 0 Å². The van der Waals surface area contributed by atoms with Crippen LogP contribution in [-0.4, -0.2) is 28.6 Å². The van der Waals surface area contributed by atoms with Gasteiger partial charge in [-0.1, -0.05) is 34.1 Å². The van der Waals surface area contributed by atoms with Crippen LogP contribution in [0.3, 0.4) is 0 Å². The van der Waals surface area contributed by atoms with Crippen molar-refractivity contribution >= 4 is 12.3 Å². The summed E-state index contributed by atoms with van der Waals surface area (Å²) in [4.78, 5) is 21.1. The summed E-state index contributed by atoms with van der Waals surface area (Å²) in [6.07, 6.45) is 13.0. The fourth-order valence-corrected chi connectivity index (χ4v) is 10.6. The number of carbonyl (C=O) groups is 2. The third-order valence-electron chi connectivity index (χ3n) is 11.9. The zero-order valence-electron chi connectivity index (χ0n) is 21.0. The lowest BCUT2D eigenvalue weighted by molar-refractivity contribution is -0.216. The van der Waals surface area contributed by atoms with Crippen LogP contribution in [-0.2, 0) is 9.59 Å². The second-order valence-corrected chi connectivity index (χ2v) is 13.1. The van der Waals surface area contributed by atoms with Gasteiger partial charge in [0.25, 0.3) is 0 Å². The van der Waals surface area contributed by atoms with Gasteiger partial charge in [0.15, 0.2) is 0 Å². The first-order chi connectivity index (χ1) is 15.0. The van der Waals surface area contributed by atoms with Crippen LogP contribution in [0, 0.1) is 51.2 Å². The van der Waals surface area contributed by atoms with Crippen LogP contribution in [0.15, 0.2) is 0 Å². The number of aldehydes is 1. The van der Waals surface area contributed by atoms with Gasteiger partial charge in [-0.15, -0.1) is 0 Å². The smallest absolute Gasteiger partial charge is 0.309 e. The Morgan fingerprint density at radius 1 is 0.812 bits per heavy atom. The second-order valence-electron chi connectivity index (χ2n) is 13.1. The molecule has 0 spiro atoms. The lowest BCUT2D eigenvalue weighted by Crippen LogP contribution is -2.63. The minimum Gasteiger partial charge on any atom is -0.481 e. The number of carboxylic acids is 1. The third kappa shape index (κ3) is 3.17. The fraction of sp³-hybridized carbons (Fsp3) is 0.929. The summed E-state index contributed by atoms with van der Waals surface area (Å²) in [5, 5.41) is 20.9. The minimum absolute atomic E-state index is 0.0155. The molecule has 0 aromatic carbocycles. The molecule has 4 heteroatoms. The Bertz CT molecular complexity index is 746. The van der Waals surface area contributed by atoms with Crippen LogP contribution in [0.25, 0.3) is 0 Å². The number of hydrogen-bond acceptors (Lipinski definition) is 3. The normalized spacial score (nSPS) is 51.1. The van der Waals surface area contributed by atoms with Crippen molar-refractivity contribution in [1.82, 2.24) is 0 Å². The van der Waals surface area contributed by atoms with Gasteiger partial charge < -0.3 is 15.0 Å². The number of aliphatic carboxylic acids is 1. The third-order valence-corrected chi connectivity index (χ3v) is 11.9. The van der Waals surface area contributed by atoms with E-state index in [2.05, 4.69) is 27.7 Å². The van der Waals surface area contributed by atoms with Crippen molar-refractivity contribution in [2.45, 2.75) is 111 Å². The van der Waals surface area contributed by atoms with E-state index in [1.807, 2.05) is 0 Å². The molecule has 5 fully saturated rings. The van der Waals surface area contributed by atoms with Crippen molar-refractivity contribution in [3.05, 3.63) is 0 Å². The molecule has 4 nitrogen and oxygen atoms in total. The lowest BCUT2D eigenvalue weighted by atomic mass is 9.36. The highest BCUT2D eigenvalue weighted by molar-refractivity contribution is 5.75. The van der Waals surface area contributed by atoms with Crippen LogP contribution < -0.4 is 0 Å². The molecule has 2 N–H and O–H groups in total. The zero-order chi connectivity index (χ0) is 23.5. The minimum atomic E-state index is -0.496. The number of carboxylic acid groups (broad SMARTS) is 1. The number of carbonyl (C=O) groups excluding carboxylic acids is 1. The number of aliphatic hydroxyl groups is 1. The summed E-state index contributed by atoms with van der Waals surface area (Å²) >= 11 is 0. The van der Waals surface area contributed by atoms with Gasteiger partial charge in [-0.25, -0.2) is 0 Å². The van der Waals surface area contributed by atoms with Crippen LogP contribution in [0.4, 0.5) is 0 Å². The molecule has 5 aliphatic carbocycles. The predicted octanol–water partition coefficient (Wildman–Crippen LogP) is 6.10. The van der Waals surface area contributed by atoms with Gasteiger partial charge >= 0.3 is 5.97 Å². The molecule has 0 bridgehead atoms. The number of fused-ring (bicyclic) bond motifs is 7. The molecule has 0 aromatic rings. The topological polar surface area (TPSA) is 74.6 Å². The summed E-state index contributed by atoms with van der Waals surface area (Å²) in [5.74, 6) is 2.62. The standard InChI is InChI=1S/C26H42O3.C2H4O/c1-23(2)19-10-13-24(3)17-9-15-26(22(28)29)12-5-6-18(26)16(17)7-8-20(24)25(19,4)14-11-21(23)27;1-2-3/h16-21,27H,5-15H2,1-4H3,(H,28,29);2H,1H3/t16?,17?,18?,19?,20?,21-,24?,25?,26-;/m0./s1. The summed E-state index contributed by atoms with van der Waals surface area (Å²) in [5.41, 5.74) is 0.307. The summed E-state index contributed by atoms with van der Waals surface area (Å²) in [7, 11) is 0. The quantitative estimate of drug-likeness (QED) is 0.477. The molecule has 0 aromatic heterocycles. The van der Waals surface area contributed by atoms with Gasteiger partial charge in [0.05, 0.1) is 11.5 Å². The molecule has 182 valence electrons.